The maximum absolute atomic E-state index is 13.6. The Kier molecular flexibility index (Phi) is 5.81. The molecule has 1 heterocycles. The number of ketones is 1. The van der Waals surface area contributed by atoms with Gasteiger partial charge >= 0.3 is 5.69 Å². The first-order chi connectivity index (χ1) is 15.4. The van der Waals surface area contributed by atoms with Crippen LogP contribution in [0, 0.1) is 11.6 Å². The van der Waals surface area contributed by atoms with Gasteiger partial charge in [0.15, 0.2) is 17.4 Å². The summed E-state index contributed by atoms with van der Waals surface area (Å²) in [5, 5.41) is 2.07. The fourth-order valence-corrected chi connectivity index (χ4v) is 3.84. The Morgan fingerprint density at radius 3 is 2.41 bits per heavy atom. The van der Waals surface area contributed by atoms with E-state index in [2.05, 4.69) is 4.98 Å². The van der Waals surface area contributed by atoms with Gasteiger partial charge in [-0.25, -0.2) is 13.6 Å². The second kappa shape index (κ2) is 8.70. The van der Waals surface area contributed by atoms with Crippen molar-refractivity contribution in [1.29, 1.82) is 0 Å². The number of nitrogens with zero attached hydrogens (tertiary/aromatic N) is 1. The van der Waals surface area contributed by atoms with E-state index >= 15 is 0 Å². The summed E-state index contributed by atoms with van der Waals surface area (Å²) in [5.74, 6) is -2.77. The standard InChI is InChI=1S/C25H20F2N2O3/c1-2-19-22(12-15-7-8-16-5-3-4-6-17(16)11-15)29(25(32)28-24(19)31)14-23(30)18-9-10-20(26)21(27)13-18/h3-11,13H,2,12,14H2,1H3,(H,28,31,32). The van der Waals surface area contributed by atoms with Gasteiger partial charge in [-0.1, -0.05) is 49.4 Å². The maximum Gasteiger partial charge on any atom is 0.328 e. The van der Waals surface area contributed by atoms with Crippen LogP contribution in [0.2, 0.25) is 0 Å². The van der Waals surface area contributed by atoms with Crippen LogP contribution in [0.5, 0.6) is 0 Å². The molecule has 0 saturated heterocycles. The molecule has 3 aromatic carbocycles. The van der Waals surface area contributed by atoms with E-state index in [0.717, 1.165) is 28.5 Å². The number of nitrogens with one attached hydrogen (secondary N) is 1. The molecule has 0 bridgehead atoms. The summed E-state index contributed by atoms with van der Waals surface area (Å²) in [6, 6.07) is 16.5. The van der Waals surface area contributed by atoms with Crippen LogP contribution in [-0.2, 0) is 19.4 Å². The number of carbonyl (C=O) groups excluding carboxylic acids is 1. The SMILES string of the molecule is CCc1c(Cc2ccc3ccccc3c2)n(CC(=O)c2ccc(F)c(F)c2)c(=O)[nH]c1=O. The van der Waals surface area contributed by atoms with Gasteiger partial charge in [0, 0.05) is 23.2 Å². The van der Waals surface area contributed by atoms with Crippen LogP contribution in [0.25, 0.3) is 10.8 Å². The first-order valence-corrected chi connectivity index (χ1v) is 10.2. The van der Waals surface area contributed by atoms with Gasteiger partial charge < -0.3 is 0 Å². The molecule has 1 aromatic heterocycles. The van der Waals surface area contributed by atoms with Crippen molar-refractivity contribution in [2.45, 2.75) is 26.3 Å². The molecule has 0 saturated carbocycles. The number of aromatic amines is 1. The summed E-state index contributed by atoms with van der Waals surface area (Å²) in [7, 11) is 0. The lowest BCUT2D eigenvalue weighted by atomic mass is 10.0. The molecule has 4 aromatic rings. The van der Waals surface area contributed by atoms with E-state index in [1.54, 1.807) is 6.92 Å². The van der Waals surface area contributed by atoms with Crippen LogP contribution in [0.1, 0.15) is 34.1 Å². The molecule has 0 fully saturated rings. The number of hydrogen-bond acceptors (Lipinski definition) is 3. The predicted molar refractivity (Wildman–Crippen MR) is 118 cm³/mol. The third kappa shape index (κ3) is 4.14. The molecule has 0 radical (unpaired) electrons. The van der Waals surface area contributed by atoms with Gasteiger partial charge in [0.2, 0.25) is 0 Å². The smallest absolute Gasteiger partial charge is 0.292 e. The number of benzene rings is 3. The molecule has 0 amide bonds. The number of rotatable bonds is 6. The average molecular weight is 434 g/mol. The summed E-state index contributed by atoms with van der Waals surface area (Å²) in [6.07, 6.45) is 0.621. The molecule has 1 N–H and O–H groups in total. The lowest BCUT2D eigenvalue weighted by molar-refractivity contribution is 0.0968. The van der Waals surface area contributed by atoms with Crippen LogP contribution in [0.15, 0.2) is 70.3 Å². The maximum atomic E-state index is 13.6. The number of Topliss-reactive ketones (excluding diaryl/α,β-unsaturated/α-hetero) is 1. The fraction of sp³-hybridized carbons (Fsp3) is 0.160. The van der Waals surface area contributed by atoms with Crippen LogP contribution >= 0.6 is 0 Å². The van der Waals surface area contributed by atoms with E-state index in [1.165, 1.54) is 10.6 Å². The van der Waals surface area contributed by atoms with E-state index in [1.807, 2.05) is 42.5 Å². The molecule has 5 nitrogen and oxygen atoms in total. The quantitative estimate of drug-likeness (QED) is 0.466. The van der Waals surface area contributed by atoms with Crippen molar-refractivity contribution in [3.05, 3.63) is 116 Å². The molecule has 4 rings (SSSR count). The normalized spacial score (nSPS) is 11.1. The monoisotopic (exact) mass is 434 g/mol. The zero-order chi connectivity index (χ0) is 22.8. The van der Waals surface area contributed by atoms with Gasteiger partial charge in [-0.3, -0.25) is 19.1 Å². The van der Waals surface area contributed by atoms with E-state index in [9.17, 15) is 23.2 Å². The number of H-pyrrole nitrogens is 1. The van der Waals surface area contributed by atoms with E-state index in [-0.39, 0.29) is 12.0 Å². The molecule has 0 atom stereocenters. The molecule has 32 heavy (non-hydrogen) atoms. The first-order valence-electron chi connectivity index (χ1n) is 10.2. The largest absolute Gasteiger partial charge is 0.328 e. The lowest BCUT2D eigenvalue weighted by Crippen LogP contribution is -2.37. The minimum atomic E-state index is -1.14. The van der Waals surface area contributed by atoms with E-state index < -0.39 is 35.2 Å². The van der Waals surface area contributed by atoms with Crippen LogP contribution in [0.3, 0.4) is 0 Å². The summed E-state index contributed by atoms with van der Waals surface area (Å²) in [4.78, 5) is 40.1. The van der Waals surface area contributed by atoms with E-state index in [4.69, 9.17) is 0 Å². The predicted octanol–water partition coefficient (Wildman–Crippen LogP) is 4.00. The molecule has 7 heteroatoms. The minimum absolute atomic E-state index is 0.0586. The van der Waals surface area contributed by atoms with Crippen LogP contribution < -0.4 is 11.2 Å². The molecule has 0 aliphatic heterocycles. The minimum Gasteiger partial charge on any atom is -0.292 e. The molecule has 0 aliphatic rings. The zero-order valence-corrected chi connectivity index (χ0v) is 17.3. The van der Waals surface area contributed by atoms with Crippen molar-refractivity contribution in [2.24, 2.45) is 0 Å². The summed E-state index contributed by atoms with van der Waals surface area (Å²) >= 11 is 0. The molecular weight excluding hydrogens is 414 g/mol. The second-order valence-electron chi connectivity index (χ2n) is 7.53. The second-order valence-corrected chi connectivity index (χ2v) is 7.53. The Labute approximate surface area is 182 Å². The number of fused-ring (bicyclic) bond motifs is 1. The van der Waals surface area contributed by atoms with Crippen molar-refractivity contribution in [2.75, 3.05) is 0 Å². The molecule has 162 valence electrons. The Morgan fingerprint density at radius 1 is 0.938 bits per heavy atom. The first kappa shape index (κ1) is 21.4. The Morgan fingerprint density at radius 2 is 1.69 bits per heavy atom. The average Bonchev–Trinajstić information content (AvgIpc) is 2.78. The third-order valence-corrected chi connectivity index (χ3v) is 5.50. The highest BCUT2D eigenvalue weighted by Gasteiger charge is 2.18. The Balaban J connectivity index is 1.78. The summed E-state index contributed by atoms with van der Waals surface area (Å²) in [5.41, 5.74) is 0.418. The van der Waals surface area contributed by atoms with Crippen molar-refractivity contribution < 1.29 is 13.6 Å². The number of carbonyl (C=O) groups is 1. The highest BCUT2D eigenvalue weighted by molar-refractivity contribution is 5.96. The van der Waals surface area contributed by atoms with Gasteiger partial charge in [0.1, 0.15) is 0 Å². The van der Waals surface area contributed by atoms with Crippen molar-refractivity contribution in [3.63, 3.8) is 0 Å². The van der Waals surface area contributed by atoms with E-state index in [0.29, 0.717) is 17.7 Å². The zero-order valence-electron chi connectivity index (χ0n) is 17.3. The lowest BCUT2D eigenvalue weighted by Gasteiger charge is -2.16. The number of aromatic nitrogens is 2. The molecule has 0 spiro atoms. The van der Waals surface area contributed by atoms with Crippen LogP contribution in [0.4, 0.5) is 8.78 Å². The molecule has 0 aliphatic carbocycles. The topological polar surface area (TPSA) is 71.9 Å². The fourth-order valence-electron chi connectivity index (χ4n) is 3.84. The number of hydrogen-bond donors (Lipinski definition) is 1. The molecule has 0 unspecified atom stereocenters. The van der Waals surface area contributed by atoms with Gasteiger partial charge in [0.25, 0.3) is 5.56 Å². The van der Waals surface area contributed by atoms with Gasteiger partial charge in [-0.05, 0) is 41.0 Å². The third-order valence-electron chi connectivity index (χ3n) is 5.50. The van der Waals surface area contributed by atoms with Gasteiger partial charge in [0.05, 0.1) is 6.54 Å². The van der Waals surface area contributed by atoms with Crippen LogP contribution in [-0.4, -0.2) is 15.3 Å². The Hall–Kier alpha value is -3.87. The van der Waals surface area contributed by atoms with Crippen molar-refractivity contribution >= 4 is 16.6 Å². The van der Waals surface area contributed by atoms with Gasteiger partial charge in [-0.15, -0.1) is 0 Å². The Bertz CT molecular complexity index is 1450. The van der Waals surface area contributed by atoms with Crippen molar-refractivity contribution in [1.82, 2.24) is 9.55 Å². The highest BCUT2D eigenvalue weighted by Crippen LogP contribution is 2.19. The van der Waals surface area contributed by atoms with Crippen molar-refractivity contribution in [3.8, 4) is 0 Å². The summed E-state index contributed by atoms with van der Waals surface area (Å²) < 4.78 is 28.0. The summed E-state index contributed by atoms with van der Waals surface area (Å²) in [6.45, 7) is 1.39. The number of halogens is 2. The molecular formula is C25H20F2N2O3. The van der Waals surface area contributed by atoms with Gasteiger partial charge in [-0.2, -0.15) is 0 Å². The highest BCUT2D eigenvalue weighted by atomic mass is 19.2.